The average Bonchev–Trinajstić information content (AvgIpc) is 2.09. The molecule has 1 aliphatic rings. The van der Waals surface area contributed by atoms with E-state index in [-0.39, 0.29) is 12.0 Å². The van der Waals surface area contributed by atoms with Gasteiger partial charge in [-0.05, 0) is 14.0 Å². The van der Waals surface area contributed by atoms with Crippen LogP contribution >= 0.6 is 0 Å². The molecule has 4 heteroatoms. The van der Waals surface area contributed by atoms with Gasteiger partial charge in [-0.2, -0.15) is 0 Å². The number of nitrogens with zero attached hydrogens (tertiary/aromatic N) is 1. The molecule has 12 heavy (non-hydrogen) atoms. The van der Waals surface area contributed by atoms with Crippen LogP contribution in [-0.4, -0.2) is 50.2 Å². The number of amides is 1. The summed E-state index contributed by atoms with van der Waals surface area (Å²) in [6.45, 7) is 4.76. The molecule has 1 aliphatic heterocycles. The highest BCUT2D eigenvalue weighted by Gasteiger charge is 2.27. The zero-order chi connectivity index (χ0) is 8.97. The molecule has 4 nitrogen and oxygen atoms in total. The SMILES string of the molecule is CCN1CCOC(CNC)C1=O. The minimum atomic E-state index is -0.274. The van der Waals surface area contributed by atoms with Crippen LogP contribution in [0.3, 0.4) is 0 Å². The Morgan fingerprint density at radius 1 is 1.75 bits per heavy atom. The van der Waals surface area contributed by atoms with E-state index in [0.29, 0.717) is 13.2 Å². The fourth-order valence-corrected chi connectivity index (χ4v) is 1.34. The largest absolute Gasteiger partial charge is 0.365 e. The maximum atomic E-state index is 11.5. The van der Waals surface area contributed by atoms with Crippen LogP contribution in [0.1, 0.15) is 6.92 Å². The topological polar surface area (TPSA) is 41.6 Å². The molecule has 1 rings (SSSR count). The van der Waals surface area contributed by atoms with Crippen molar-refractivity contribution in [2.24, 2.45) is 0 Å². The molecule has 1 N–H and O–H groups in total. The van der Waals surface area contributed by atoms with Crippen molar-refractivity contribution in [3.8, 4) is 0 Å². The molecular formula is C8H16N2O2. The molecule has 0 aromatic heterocycles. The lowest BCUT2D eigenvalue weighted by molar-refractivity contribution is -0.151. The second-order valence-corrected chi connectivity index (χ2v) is 2.84. The molecule has 0 aliphatic carbocycles. The lowest BCUT2D eigenvalue weighted by atomic mass is 10.2. The Morgan fingerprint density at radius 3 is 3.08 bits per heavy atom. The summed E-state index contributed by atoms with van der Waals surface area (Å²) in [5.41, 5.74) is 0. The van der Waals surface area contributed by atoms with Crippen LogP contribution in [0, 0.1) is 0 Å². The highest BCUT2D eigenvalue weighted by molar-refractivity contribution is 5.81. The summed E-state index contributed by atoms with van der Waals surface area (Å²) in [7, 11) is 1.82. The van der Waals surface area contributed by atoms with Gasteiger partial charge in [0.15, 0.2) is 0 Å². The summed E-state index contributed by atoms with van der Waals surface area (Å²) in [5, 5.41) is 2.94. The quantitative estimate of drug-likeness (QED) is 0.621. The van der Waals surface area contributed by atoms with Gasteiger partial charge in [0.05, 0.1) is 6.61 Å². The van der Waals surface area contributed by atoms with Crippen molar-refractivity contribution in [2.75, 3.05) is 33.3 Å². The third-order valence-electron chi connectivity index (χ3n) is 2.04. The average molecular weight is 172 g/mol. The van der Waals surface area contributed by atoms with E-state index in [1.165, 1.54) is 0 Å². The van der Waals surface area contributed by atoms with E-state index in [9.17, 15) is 4.79 Å². The first-order valence-electron chi connectivity index (χ1n) is 4.34. The molecular weight excluding hydrogens is 156 g/mol. The van der Waals surface area contributed by atoms with E-state index in [1.54, 1.807) is 0 Å². The number of carbonyl (C=O) groups excluding carboxylic acids is 1. The van der Waals surface area contributed by atoms with Gasteiger partial charge in [0.1, 0.15) is 6.10 Å². The standard InChI is InChI=1S/C8H16N2O2/c1-3-10-4-5-12-7(6-9-2)8(10)11/h7,9H,3-6H2,1-2H3. The number of rotatable bonds is 3. The van der Waals surface area contributed by atoms with Gasteiger partial charge in [-0.25, -0.2) is 0 Å². The summed E-state index contributed by atoms with van der Waals surface area (Å²) < 4.78 is 5.31. The van der Waals surface area contributed by atoms with Gasteiger partial charge in [0, 0.05) is 19.6 Å². The predicted molar refractivity (Wildman–Crippen MR) is 45.9 cm³/mol. The van der Waals surface area contributed by atoms with Crippen molar-refractivity contribution in [3.63, 3.8) is 0 Å². The van der Waals surface area contributed by atoms with Crippen molar-refractivity contribution < 1.29 is 9.53 Å². The molecule has 70 valence electrons. The van der Waals surface area contributed by atoms with Crippen LogP contribution in [-0.2, 0) is 9.53 Å². The normalized spacial score (nSPS) is 24.7. The first-order valence-corrected chi connectivity index (χ1v) is 4.34. The number of hydrogen-bond donors (Lipinski definition) is 1. The molecule has 1 unspecified atom stereocenters. The van der Waals surface area contributed by atoms with Crippen LogP contribution in [0.4, 0.5) is 0 Å². The van der Waals surface area contributed by atoms with Crippen molar-refractivity contribution in [2.45, 2.75) is 13.0 Å². The Kier molecular flexibility index (Phi) is 3.49. The van der Waals surface area contributed by atoms with Crippen molar-refractivity contribution >= 4 is 5.91 Å². The second kappa shape index (κ2) is 4.42. The summed E-state index contributed by atoms with van der Waals surface area (Å²) >= 11 is 0. The highest BCUT2D eigenvalue weighted by atomic mass is 16.5. The van der Waals surface area contributed by atoms with Crippen molar-refractivity contribution in [1.82, 2.24) is 10.2 Å². The van der Waals surface area contributed by atoms with Gasteiger partial charge >= 0.3 is 0 Å². The lowest BCUT2D eigenvalue weighted by Crippen LogP contribution is -2.50. The minimum Gasteiger partial charge on any atom is -0.365 e. The van der Waals surface area contributed by atoms with Gasteiger partial charge in [-0.15, -0.1) is 0 Å². The molecule has 1 amide bonds. The molecule has 0 radical (unpaired) electrons. The summed E-state index contributed by atoms with van der Waals surface area (Å²) in [6, 6.07) is 0. The number of carbonyl (C=O) groups is 1. The fourth-order valence-electron chi connectivity index (χ4n) is 1.34. The van der Waals surface area contributed by atoms with E-state index >= 15 is 0 Å². The lowest BCUT2D eigenvalue weighted by Gasteiger charge is -2.31. The number of ether oxygens (including phenoxy) is 1. The maximum absolute atomic E-state index is 11.5. The molecule has 1 fully saturated rings. The Labute approximate surface area is 72.9 Å². The first kappa shape index (κ1) is 9.48. The Bertz CT molecular complexity index is 159. The Morgan fingerprint density at radius 2 is 2.50 bits per heavy atom. The van der Waals surface area contributed by atoms with Crippen LogP contribution < -0.4 is 5.32 Å². The number of morpholine rings is 1. The van der Waals surface area contributed by atoms with Gasteiger partial charge in [-0.1, -0.05) is 0 Å². The molecule has 0 saturated carbocycles. The third-order valence-corrected chi connectivity index (χ3v) is 2.04. The van der Waals surface area contributed by atoms with Crippen molar-refractivity contribution in [1.29, 1.82) is 0 Å². The zero-order valence-corrected chi connectivity index (χ0v) is 7.67. The molecule has 1 heterocycles. The van der Waals surface area contributed by atoms with Gasteiger partial charge in [0.2, 0.25) is 0 Å². The van der Waals surface area contributed by atoms with E-state index in [4.69, 9.17) is 4.74 Å². The van der Waals surface area contributed by atoms with Crippen LogP contribution in [0.25, 0.3) is 0 Å². The molecule has 0 bridgehead atoms. The Hall–Kier alpha value is -0.610. The van der Waals surface area contributed by atoms with E-state index in [0.717, 1.165) is 13.1 Å². The number of likely N-dealkylation sites (N-methyl/N-ethyl adjacent to an activating group) is 2. The maximum Gasteiger partial charge on any atom is 0.253 e. The first-order chi connectivity index (χ1) is 5.79. The molecule has 0 aromatic rings. The molecule has 1 atom stereocenters. The Balaban J connectivity index is 2.47. The number of nitrogens with one attached hydrogen (secondary N) is 1. The zero-order valence-electron chi connectivity index (χ0n) is 7.67. The summed E-state index contributed by atoms with van der Waals surface area (Å²) in [5.74, 6) is 0.109. The van der Waals surface area contributed by atoms with Crippen LogP contribution in [0.15, 0.2) is 0 Å². The van der Waals surface area contributed by atoms with Crippen molar-refractivity contribution in [3.05, 3.63) is 0 Å². The minimum absolute atomic E-state index is 0.109. The molecule has 1 saturated heterocycles. The number of hydrogen-bond acceptors (Lipinski definition) is 3. The molecule has 0 spiro atoms. The van der Waals surface area contributed by atoms with Gasteiger partial charge < -0.3 is 15.0 Å². The smallest absolute Gasteiger partial charge is 0.253 e. The van der Waals surface area contributed by atoms with Crippen LogP contribution in [0.2, 0.25) is 0 Å². The van der Waals surface area contributed by atoms with E-state index in [1.807, 2.05) is 18.9 Å². The van der Waals surface area contributed by atoms with E-state index < -0.39 is 0 Å². The van der Waals surface area contributed by atoms with Crippen LogP contribution in [0.5, 0.6) is 0 Å². The third kappa shape index (κ3) is 1.95. The predicted octanol–water partition coefficient (Wildman–Crippen LogP) is -0.547. The summed E-state index contributed by atoms with van der Waals surface area (Å²) in [4.78, 5) is 13.3. The van der Waals surface area contributed by atoms with E-state index in [2.05, 4.69) is 5.32 Å². The fraction of sp³-hybridized carbons (Fsp3) is 0.875. The highest BCUT2D eigenvalue weighted by Crippen LogP contribution is 2.05. The second-order valence-electron chi connectivity index (χ2n) is 2.84. The van der Waals surface area contributed by atoms with Gasteiger partial charge in [0.25, 0.3) is 5.91 Å². The van der Waals surface area contributed by atoms with Gasteiger partial charge in [-0.3, -0.25) is 4.79 Å². The monoisotopic (exact) mass is 172 g/mol. The summed E-state index contributed by atoms with van der Waals surface area (Å²) in [6.07, 6.45) is -0.274. The molecule has 0 aromatic carbocycles.